The number of carbonyl (C=O) groups is 1. The fraction of sp³-hybridized carbons (Fsp3) is 0.545. The molecule has 0 amide bonds. The lowest BCUT2D eigenvalue weighted by Gasteiger charge is -2.12. The average Bonchev–Trinajstić information content (AvgIpc) is 2.29. The van der Waals surface area contributed by atoms with Crippen LogP contribution in [0.1, 0.15) is 32.3 Å². The molecule has 1 aromatic rings. The first kappa shape index (κ1) is 13.2. The van der Waals surface area contributed by atoms with Crippen molar-refractivity contribution < 1.29 is 19.4 Å². The van der Waals surface area contributed by atoms with Crippen molar-refractivity contribution in [1.82, 2.24) is 9.97 Å². The number of aliphatic carboxylic acids is 1. The third kappa shape index (κ3) is 3.30. The lowest BCUT2D eigenvalue weighted by atomic mass is 10.1. The maximum absolute atomic E-state index is 10.9. The first-order valence-electron chi connectivity index (χ1n) is 5.45. The Hall–Kier alpha value is -1.85. The summed E-state index contributed by atoms with van der Waals surface area (Å²) in [6, 6.07) is 0.192. The van der Waals surface area contributed by atoms with Gasteiger partial charge in [-0.2, -0.15) is 4.98 Å². The normalized spacial score (nSPS) is 11.9. The van der Waals surface area contributed by atoms with E-state index in [1.165, 1.54) is 6.20 Å². The highest BCUT2D eigenvalue weighted by molar-refractivity contribution is 5.76. The molecule has 6 heteroatoms. The van der Waals surface area contributed by atoms with Gasteiger partial charge < -0.3 is 14.6 Å². The highest BCUT2D eigenvalue weighted by Gasteiger charge is 2.21. The van der Waals surface area contributed by atoms with Crippen LogP contribution < -0.4 is 9.47 Å². The molecule has 1 N–H and O–H groups in total. The van der Waals surface area contributed by atoms with Gasteiger partial charge in [-0.05, 0) is 20.8 Å². The van der Waals surface area contributed by atoms with E-state index in [0.717, 1.165) is 0 Å². The summed E-state index contributed by atoms with van der Waals surface area (Å²) in [5.41, 5.74) is 0.447. The number of carboxylic acid groups (broad SMARTS) is 1. The van der Waals surface area contributed by atoms with E-state index in [0.29, 0.717) is 18.8 Å². The molecule has 0 saturated carbocycles. The monoisotopic (exact) mass is 240 g/mol. The van der Waals surface area contributed by atoms with Gasteiger partial charge in [-0.1, -0.05) is 0 Å². The van der Waals surface area contributed by atoms with E-state index >= 15 is 0 Å². The molecule has 0 radical (unpaired) electrons. The first-order chi connectivity index (χ1) is 8.10. The Kier molecular flexibility index (Phi) is 4.68. The molecule has 0 bridgehead atoms. The Bertz CT molecular complexity index is 395. The Morgan fingerprint density at radius 3 is 2.59 bits per heavy atom. The lowest BCUT2D eigenvalue weighted by Crippen LogP contribution is -2.12. The Morgan fingerprint density at radius 2 is 2.06 bits per heavy atom. The van der Waals surface area contributed by atoms with E-state index in [1.807, 2.05) is 6.92 Å². The summed E-state index contributed by atoms with van der Waals surface area (Å²) in [4.78, 5) is 18.9. The zero-order valence-corrected chi connectivity index (χ0v) is 10.1. The summed E-state index contributed by atoms with van der Waals surface area (Å²) < 4.78 is 10.4. The molecule has 0 aliphatic rings. The molecule has 94 valence electrons. The molecule has 17 heavy (non-hydrogen) atoms. The fourth-order valence-corrected chi connectivity index (χ4v) is 1.24. The van der Waals surface area contributed by atoms with Gasteiger partial charge in [0.25, 0.3) is 0 Å². The van der Waals surface area contributed by atoms with Crippen LogP contribution in [0.5, 0.6) is 11.9 Å². The molecule has 1 heterocycles. The predicted molar refractivity (Wildman–Crippen MR) is 60.4 cm³/mol. The highest BCUT2D eigenvalue weighted by atomic mass is 16.5. The van der Waals surface area contributed by atoms with Crippen molar-refractivity contribution in [3.05, 3.63) is 11.8 Å². The van der Waals surface area contributed by atoms with Crippen LogP contribution in [-0.4, -0.2) is 34.3 Å². The van der Waals surface area contributed by atoms with Crippen LogP contribution in [0.15, 0.2) is 6.20 Å². The maximum Gasteiger partial charge on any atom is 0.319 e. The molecule has 0 spiro atoms. The molecule has 6 nitrogen and oxygen atoms in total. The van der Waals surface area contributed by atoms with Crippen molar-refractivity contribution in [2.24, 2.45) is 0 Å². The van der Waals surface area contributed by atoms with E-state index in [4.69, 9.17) is 14.6 Å². The Morgan fingerprint density at radius 1 is 1.41 bits per heavy atom. The Balaban J connectivity index is 3.07. The van der Waals surface area contributed by atoms with Crippen LogP contribution >= 0.6 is 0 Å². The van der Waals surface area contributed by atoms with Crippen LogP contribution in [-0.2, 0) is 4.79 Å². The summed E-state index contributed by atoms with van der Waals surface area (Å²) in [5, 5.41) is 8.96. The van der Waals surface area contributed by atoms with Crippen LogP contribution in [0.4, 0.5) is 0 Å². The van der Waals surface area contributed by atoms with Gasteiger partial charge in [0.05, 0.1) is 19.1 Å². The van der Waals surface area contributed by atoms with Gasteiger partial charge >= 0.3 is 12.0 Å². The molecule has 0 aromatic carbocycles. The van der Waals surface area contributed by atoms with E-state index in [-0.39, 0.29) is 11.9 Å². The van der Waals surface area contributed by atoms with Crippen LogP contribution in [0, 0.1) is 0 Å². The van der Waals surface area contributed by atoms with Gasteiger partial charge in [-0.15, -0.1) is 0 Å². The van der Waals surface area contributed by atoms with Gasteiger partial charge in [0.1, 0.15) is 0 Å². The number of hydrogen-bond acceptors (Lipinski definition) is 5. The summed E-state index contributed by atoms with van der Waals surface area (Å²) in [7, 11) is 0. The molecule has 0 fully saturated rings. The van der Waals surface area contributed by atoms with Gasteiger partial charge in [0.15, 0.2) is 0 Å². The molecule has 0 aliphatic carbocycles. The standard InChI is InChI=1S/C11H16N2O4/c1-4-16-9-8(7(3)10(14)15)6-12-11(13-9)17-5-2/h6-7H,4-5H2,1-3H3,(H,14,15). The van der Waals surface area contributed by atoms with E-state index in [1.54, 1.807) is 13.8 Å². The fourth-order valence-electron chi connectivity index (χ4n) is 1.24. The van der Waals surface area contributed by atoms with Crippen molar-refractivity contribution in [2.45, 2.75) is 26.7 Å². The molecule has 1 aromatic heterocycles. The number of rotatable bonds is 6. The van der Waals surface area contributed by atoms with Crippen LogP contribution in [0.3, 0.4) is 0 Å². The topological polar surface area (TPSA) is 81.5 Å². The van der Waals surface area contributed by atoms with E-state index < -0.39 is 11.9 Å². The number of nitrogens with zero attached hydrogens (tertiary/aromatic N) is 2. The lowest BCUT2D eigenvalue weighted by molar-refractivity contribution is -0.138. The van der Waals surface area contributed by atoms with Crippen molar-refractivity contribution >= 4 is 5.97 Å². The number of aromatic nitrogens is 2. The Labute approximate surface area is 99.6 Å². The summed E-state index contributed by atoms with van der Waals surface area (Å²) in [6.07, 6.45) is 1.43. The SMILES string of the molecule is CCOc1ncc(C(C)C(=O)O)c(OCC)n1. The molecule has 0 saturated heterocycles. The average molecular weight is 240 g/mol. The van der Waals surface area contributed by atoms with E-state index in [9.17, 15) is 4.79 Å². The quantitative estimate of drug-likeness (QED) is 0.810. The minimum Gasteiger partial charge on any atom is -0.481 e. The zero-order valence-electron chi connectivity index (χ0n) is 10.1. The number of ether oxygens (including phenoxy) is 2. The van der Waals surface area contributed by atoms with Crippen molar-refractivity contribution in [2.75, 3.05) is 13.2 Å². The van der Waals surface area contributed by atoms with Gasteiger partial charge in [-0.25, -0.2) is 4.98 Å². The van der Waals surface area contributed by atoms with Crippen LogP contribution in [0.25, 0.3) is 0 Å². The minimum absolute atomic E-state index is 0.192. The summed E-state index contributed by atoms with van der Waals surface area (Å²) in [5.74, 6) is -1.40. The van der Waals surface area contributed by atoms with E-state index in [2.05, 4.69) is 9.97 Å². The summed E-state index contributed by atoms with van der Waals surface area (Å²) >= 11 is 0. The van der Waals surface area contributed by atoms with Gasteiger partial charge in [0.2, 0.25) is 5.88 Å². The van der Waals surface area contributed by atoms with Crippen molar-refractivity contribution in [3.63, 3.8) is 0 Å². The first-order valence-corrected chi connectivity index (χ1v) is 5.45. The van der Waals surface area contributed by atoms with Crippen molar-refractivity contribution in [3.8, 4) is 11.9 Å². The molecule has 0 aliphatic heterocycles. The second-order valence-electron chi connectivity index (χ2n) is 3.34. The predicted octanol–water partition coefficient (Wildman–Crippen LogP) is 1.46. The number of hydrogen-bond donors (Lipinski definition) is 1. The minimum atomic E-state index is -0.946. The maximum atomic E-state index is 10.9. The molecule has 1 rings (SSSR count). The zero-order chi connectivity index (χ0) is 12.8. The van der Waals surface area contributed by atoms with Gasteiger partial charge in [-0.3, -0.25) is 4.79 Å². The van der Waals surface area contributed by atoms with Crippen molar-refractivity contribution in [1.29, 1.82) is 0 Å². The molecule has 1 unspecified atom stereocenters. The highest BCUT2D eigenvalue weighted by Crippen LogP contribution is 2.25. The third-order valence-corrected chi connectivity index (χ3v) is 2.15. The second kappa shape index (κ2) is 6.03. The largest absolute Gasteiger partial charge is 0.481 e. The third-order valence-electron chi connectivity index (χ3n) is 2.15. The molecular weight excluding hydrogens is 224 g/mol. The molecule has 1 atom stereocenters. The summed E-state index contributed by atoms with van der Waals surface area (Å²) in [6.45, 7) is 6.03. The number of carboxylic acids is 1. The van der Waals surface area contributed by atoms with Crippen LogP contribution in [0.2, 0.25) is 0 Å². The van der Waals surface area contributed by atoms with Gasteiger partial charge in [0, 0.05) is 11.8 Å². The second-order valence-corrected chi connectivity index (χ2v) is 3.34. The smallest absolute Gasteiger partial charge is 0.319 e. The molecular formula is C11H16N2O4.